The molecule has 1 aliphatic heterocycles. The van der Waals surface area contributed by atoms with Crippen molar-refractivity contribution in [1.29, 1.82) is 0 Å². The van der Waals surface area contributed by atoms with E-state index >= 15 is 0 Å². The Labute approximate surface area is 423 Å². The number of carbonyl (C=O) groups excluding carboxylic acids is 4. The maximum atomic E-state index is 13.8. The van der Waals surface area contributed by atoms with Crippen LogP contribution in [0.2, 0.25) is 0 Å². The average molecular weight is 995 g/mol. The van der Waals surface area contributed by atoms with E-state index in [4.69, 9.17) is 54.1 Å². The smallest absolute Gasteiger partial charge is 0.330 e. The van der Waals surface area contributed by atoms with Crippen LogP contribution in [0.25, 0.3) is 0 Å². The van der Waals surface area contributed by atoms with Crippen LogP contribution in [0.1, 0.15) is 128 Å². The minimum absolute atomic E-state index is 0.0270. The second-order valence-corrected chi connectivity index (χ2v) is 19.4. The van der Waals surface area contributed by atoms with Crippen molar-refractivity contribution in [3.05, 3.63) is 12.7 Å². The molecule has 16 heteroatoms. The summed E-state index contributed by atoms with van der Waals surface area (Å²) in [5.74, 6) is 9.62. The van der Waals surface area contributed by atoms with Gasteiger partial charge in [0.15, 0.2) is 0 Å². The Bertz CT molecular complexity index is 1710. The van der Waals surface area contributed by atoms with Crippen molar-refractivity contribution in [2.45, 2.75) is 153 Å². The van der Waals surface area contributed by atoms with Gasteiger partial charge in [0.05, 0.1) is 84.2 Å². The van der Waals surface area contributed by atoms with Gasteiger partial charge in [-0.1, -0.05) is 13.0 Å². The molecule has 5 rings (SSSR count). The molecule has 0 spiro atoms. The average Bonchev–Trinajstić information content (AvgIpc) is 3.39. The number of amides is 2. The molecule has 396 valence electrons. The van der Waals surface area contributed by atoms with Gasteiger partial charge in [0, 0.05) is 62.5 Å². The molecule has 0 N–H and O–H groups in total. The Kier molecular flexibility index (Phi) is 28.5. The van der Waals surface area contributed by atoms with Gasteiger partial charge in [0.25, 0.3) is 0 Å². The molecule has 0 aromatic rings. The number of terminal acetylenes is 1. The molecule has 4 saturated carbocycles. The third kappa shape index (κ3) is 23.1. The van der Waals surface area contributed by atoms with Gasteiger partial charge < -0.3 is 47.7 Å². The second kappa shape index (κ2) is 35.1. The second-order valence-electron chi connectivity index (χ2n) is 19.4. The SMILES string of the molecule is C#CC#CC#COC1CCC(COOC2CCC(C(=O)N3CCOCCOCCN(C(=O)C4CCC(OC(=O)C5CCC(OCCCCCCOC(=O)C=C)CC5)CC4)CCOCCOCC3)CC2)CC1. The molecule has 0 unspecified atom stereocenters. The van der Waals surface area contributed by atoms with Gasteiger partial charge in [-0.2, -0.15) is 0 Å². The van der Waals surface area contributed by atoms with Crippen molar-refractivity contribution in [1.82, 2.24) is 9.80 Å². The van der Waals surface area contributed by atoms with Gasteiger partial charge in [-0.15, -0.1) is 6.42 Å². The fourth-order valence-electron chi connectivity index (χ4n) is 9.98. The zero-order chi connectivity index (χ0) is 50.1. The van der Waals surface area contributed by atoms with Crippen molar-refractivity contribution in [3.8, 4) is 36.2 Å². The normalized spacial score (nSPS) is 27.6. The van der Waals surface area contributed by atoms with Gasteiger partial charge in [0.2, 0.25) is 11.8 Å². The highest BCUT2D eigenvalue weighted by atomic mass is 17.2. The molecule has 71 heavy (non-hydrogen) atoms. The van der Waals surface area contributed by atoms with Crippen LogP contribution in [0.3, 0.4) is 0 Å². The van der Waals surface area contributed by atoms with Crippen molar-refractivity contribution in [2.24, 2.45) is 23.7 Å². The molecule has 4 aliphatic carbocycles. The summed E-state index contributed by atoms with van der Waals surface area (Å²) in [7, 11) is 0. The summed E-state index contributed by atoms with van der Waals surface area (Å²) in [6.45, 7) is 9.87. The minimum atomic E-state index is -0.381. The standard InChI is InChI=1S/C55H82N2O14/c1-3-5-6-9-32-66-48-20-12-44(13-21-48)43-69-71-51-26-16-46(17-27-51)54(60)57-30-37-64-41-39-62-35-28-56(29-36-63-40-42-65-38-31-57)53(59)45-14-24-50(25-15-45)70-55(61)47-18-22-49(23-19-47)67-33-10-7-8-11-34-68-52(58)4-2/h1,4,44-51H,2,7-8,10-31,33-43H2. The highest BCUT2D eigenvalue weighted by Crippen LogP contribution is 2.33. The lowest BCUT2D eigenvalue weighted by molar-refractivity contribution is -0.335. The van der Waals surface area contributed by atoms with Crippen molar-refractivity contribution >= 4 is 23.8 Å². The van der Waals surface area contributed by atoms with E-state index in [9.17, 15) is 19.2 Å². The Morgan fingerprint density at radius 2 is 1.04 bits per heavy atom. The summed E-state index contributed by atoms with van der Waals surface area (Å²) < 4.78 is 46.3. The molecule has 0 aromatic carbocycles. The van der Waals surface area contributed by atoms with Gasteiger partial charge >= 0.3 is 11.9 Å². The molecule has 0 bridgehead atoms. The number of ether oxygens (including phenoxy) is 8. The number of unbranched alkanes of at least 4 members (excludes halogenated alkanes) is 3. The van der Waals surface area contributed by atoms with Crippen LogP contribution in [-0.4, -0.2) is 157 Å². The molecule has 1 heterocycles. The van der Waals surface area contributed by atoms with Crippen molar-refractivity contribution in [3.63, 3.8) is 0 Å². The lowest BCUT2D eigenvalue weighted by atomic mass is 9.85. The summed E-state index contributed by atoms with van der Waals surface area (Å²) in [4.78, 5) is 67.0. The Balaban J connectivity index is 0.908. The van der Waals surface area contributed by atoms with Crippen LogP contribution >= 0.6 is 0 Å². The van der Waals surface area contributed by atoms with E-state index in [1.165, 1.54) is 6.08 Å². The molecule has 5 aliphatic rings. The van der Waals surface area contributed by atoms with Gasteiger partial charge in [0.1, 0.15) is 18.3 Å². The van der Waals surface area contributed by atoms with Gasteiger partial charge in [-0.25, -0.2) is 14.6 Å². The molecule has 16 nitrogen and oxygen atoms in total. The van der Waals surface area contributed by atoms with Gasteiger partial charge in [-0.3, -0.25) is 14.4 Å². The van der Waals surface area contributed by atoms with Crippen LogP contribution in [0.4, 0.5) is 0 Å². The first-order chi connectivity index (χ1) is 34.8. The fraction of sp³-hybridized carbons (Fsp3) is 0.782. The molecule has 1 saturated heterocycles. The zero-order valence-corrected chi connectivity index (χ0v) is 42.3. The summed E-state index contributed by atoms with van der Waals surface area (Å²) in [5.41, 5.74) is 0. The number of nitrogens with zero attached hydrogens (tertiary/aromatic N) is 2. The zero-order valence-electron chi connectivity index (χ0n) is 42.3. The Morgan fingerprint density at radius 3 is 1.58 bits per heavy atom. The maximum Gasteiger partial charge on any atom is 0.330 e. The first kappa shape index (κ1) is 57.7. The lowest BCUT2D eigenvalue weighted by Gasteiger charge is -2.33. The number of hydrogen-bond donors (Lipinski definition) is 0. The highest BCUT2D eigenvalue weighted by molar-refractivity contribution is 5.81. The molecule has 5 fully saturated rings. The molecule has 0 atom stereocenters. The molecular weight excluding hydrogens is 913 g/mol. The van der Waals surface area contributed by atoms with E-state index < -0.39 is 0 Å². The molecule has 2 amide bonds. The predicted octanol–water partition coefficient (Wildman–Crippen LogP) is 6.37. The number of esters is 2. The summed E-state index contributed by atoms with van der Waals surface area (Å²) in [6, 6.07) is 0. The van der Waals surface area contributed by atoms with E-state index in [2.05, 4.69) is 36.4 Å². The number of carbonyl (C=O) groups is 4. The van der Waals surface area contributed by atoms with Crippen molar-refractivity contribution in [2.75, 3.05) is 98.9 Å². The maximum absolute atomic E-state index is 13.8. The monoisotopic (exact) mass is 995 g/mol. The van der Waals surface area contributed by atoms with E-state index in [1.807, 2.05) is 9.80 Å². The highest BCUT2D eigenvalue weighted by Gasteiger charge is 2.35. The van der Waals surface area contributed by atoms with E-state index in [0.717, 1.165) is 103 Å². The van der Waals surface area contributed by atoms with Gasteiger partial charge in [-0.05, 0) is 140 Å². The fourth-order valence-corrected chi connectivity index (χ4v) is 9.98. The van der Waals surface area contributed by atoms with Crippen LogP contribution < -0.4 is 0 Å². The first-order valence-corrected chi connectivity index (χ1v) is 26.7. The molecular formula is C55H82N2O14. The van der Waals surface area contributed by atoms with E-state index in [-0.39, 0.29) is 65.9 Å². The third-order valence-electron chi connectivity index (χ3n) is 14.3. The van der Waals surface area contributed by atoms with Crippen LogP contribution in [0.15, 0.2) is 12.7 Å². The summed E-state index contributed by atoms with van der Waals surface area (Å²) in [6.07, 6.45) is 25.5. The van der Waals surface area contributed by atoms with E-state index in [0.29, 0.717) is 130 Å². The quantitative estimate of drug-likeness (QED) is 0.0371. The number of hydrogen-bond acceptors (Lipinski definition) is 14. The predicted molar refractivity (Wildman–Crippen MR) is 264 cm³/mol. The Hall–Kier alpha value is -4.18. The van der Waals surface area contributed by atoms with Crippen molar-refractivity contribution < 1.29 is 66.8 Å². The summed E-state index contributed by atoms with van der Waals surface area (Å²) in [5, 5.41) is 0. The summed E-state index contributed by atoms with van der Waals surface area (Å²) >= 11 is 0. The number of rotatable bonds is 18. The minimum Gasteiger partial charge on any atom is -0.463 e. The molecule has 0 radical (unpaired) electrons. The van der Waals surface area contributed by atoms with Crippen LogP contribution in [-0.2, 0) is 66.8 Å². The largest absolute Gasteiger partial charge is 0.463 e. The Morgan fingerprint density at radius 1 is 0.549 bits per heavy atom. The molecule has 0 aromatic heterocycles. The lowest BCUT2D eigenvalue weighted by Crippen LogP contribution is -2.43. The van der Waals surface area contributed by atoms with E-state index in [1.54, 1.807) is 0 Å². The third-order valence-corrected chi connectivity index (χ3v) is 14.3. The van der Waals surface area contributed by atoms with Crippen LogP contribution in [0.5, 0.6) is 0 Å². The topological polar surface area (TPSA) is 167 Å². The first-order valence-electron chi connectivity index (χ1n) is 26.7. The van der Waals surface area contributed by atoms with Crippen LogP contribution in [0, 0.1) is 59.9 Å².